The maximum atomic E-state index is 5.55. The molecule has 1 aromatic carbocycles. The molecule has 1 nitrogen and oxygen atoms in total. The van der Waals surface area contributed by atoms with Crippen LogP contribution in [0.15, 0.2) is 24.3 Å². The second-order valence-corrected chi connectivity index (χ2v) is 4.79. The van der Waals surface area contributed by atoms with Crippen LogP contribution in [-0.2, 0) is 15.7 Å². The molecule has 0 radical (unpaired) electrons. The Morgan fingerprint density at radius 2 is 2.15 bits per heavy atom. The van der Waals surface area contributed by atoms with E-state index in [2.05, 4.69) is 47.1 Å². The number of benzene rings is 1. The van der Waals surface area contributed by atoms with Gasteiger partial charge in [0.2, 0.25) is 0 Å². The molecule has 0 heterocycles. The highest BCUT2D eigenvalue weighted by Gasteiger charge is 2.42. The zero-order valence-corrected chi connectivity index (χ0v) is 9.47. The standard InChI is InChI=1S/C11H13BrO/c1-8-7-9-5-3-4-6-10(9)11(8,12)13-2/h3-6,8H,7H2,1-2H3. The summed E-state index contributed by atoms with van der Waals surface area (Å²) in [5.41, 5.74) is 2.68. The van der Waals surface area contributed by atoms with Crippen molar-refractivity contribution in [1.82, 2.24) is 0 Å². The molecule has 2 heteroatoms. The zero-order valence-electron chi connectivity index (χ0n) is 7.88. The molecule has 1 aromatic rings. The summed E-state index contributed by atoms with van der Waals surface area (Å²) in [5, 5.41) is 0. The van der Waals surface area contributed by atoms with E-state index in [0.29, 0.717) is 5.92 Å². The molecule has 70 valence electrons. The van der Waals surface area contributed by atoms with E-state index < -0.39 is 0 Å². The monoisotopic (exact) mass is 240 g/mol. The summed E-state index contributed by atoms with van der Waals surface area (Å²) in [6.45, 7) is 2.21. The normalized spacial score (nSPS) is 31.8. The Labute approximate surface area is 87.2 Å². The smallest absolute Gasteiger partial charge is 0.150 e. The van der Waals surface area contributed by atoms with Crippen LogP contribution in [0.25, 0.3) is 0 Å². The third-order valence-corrected chi connectivity index (χ3v) is 4.37. The number of fused-ring (bicyclic) bond motifs is 1. The van der Waals surface area contributed by atoms with Gasteiger partial charge in [-0.3, -0.25) is 0 Å². The maximum absolute atomic E-state index is 5.55. The molecule has 0 amide bonds. The van der Waals surface area contributed by atoms with Crippen LogP contribution in [0.1, 0.15) is 18.1 Å². The number of hydrogen-bond donors (Lipinski definition) is 0. The van der Waals surface area contributed by atoms with Crippen molar-refractivity contribution >= 4 is 15.9 Å². The quantitative estimate of drug-likeness (QED) is 0.686. The second-order valence-electron chi connectivity index (χ2n) is 3.61. The van der Waals surface area contributed by atoms with Crippen molar-refractivity contribution in [3.05, 3.63) is 35.4 Å². The van der Waals surface area contributed by atoms with E-state index in [1.54, 1.807) is 7.11 Å². The van der Waals surface area contributed by atoms with E-state index in [9.17, 15) is 0 Å². The molecule has 1 aliphatic carbocycles. The van der Waals surface area contributed by atoms with Crippen molar-refractivity contribution in [3.8, 4) is 0 Å². The number of methoxy groups -OCH3 is 1. The van der Waals surface area contributed by atoms with Crippen molar-refractivity contribution in [3.63, 3.8) is 0 Å². The van der Waals surface area contributed by atoms with Crippen LogP contribution >= 0.6 is 15.9 Å². The molecular weight excluding hydrogens is 228 g/mol. The Kier molecular flexibility index (Phi) is 2.20. The summed E-state index contributed by atoms with van der Waals surface area (Å²) in [6.07, 6.45) is 1.09. The van der Waals surface area contributed by atoms with Crippen LogP contribution in [0.3, 0.4) is 0 Å². The van der Waals surface area contributed by atoms with Gasteiger partial charge in [-0.25, -0.2) is 0 Å². The lowest BCUT2D eigenvalue weighted by Crippen LogP contribution is -2.24. The summed E-state index contributed by atoms with van der Waals surface area (Å²) < 4.78 is 5.29. The van der Waals surface area contributed by atoms with Gasteiger partial charge in [-0.15, -0.1) is 0 Å². The first-order chi connectivity index (χ1) is 6.18. The number of alkyl halides is 1. The number of ether oxygens (including phenoxy) is 1. The first kappa shape index (κ1) is 9.22. The number of rotatable bonds is 1. The summed E-state index contributed by atoms with van der Waals surface area (Å²) in [6, 6.07) is 8.46. The SMILES string of the molecule is COC1(Br)c2ccccc2CC1C. The highest BCUT2D eigenvalue weighted by molar-refractivity contribution is 9.09. The van der Waals surface area contributed by atoms with Crippen LogP contribution < -0.4 is 0 Å². The molecule has 0 saturated heterocycles. The van der Waals surface area contributed by atoms with Gasteiger partial charge in [0.05, 0.1) is 0 Å². The van der Waals surface area contributed by atoms with Crippen molar-refractivity contribution < 1.29 is 4.74 Å². The van der Waals surface area contributed by atoms with E-state index in [1.165, 1.54) is 11.1 Å². The van der Waals surface area contributed by atoms with Gasteiger partial charge in [0.25, 0.3) is 0 Å². The van der Waals surface area contributed by atoms with Crippen LogP contribution in [-0.4, -0.2) is 7.11 Å². The van der Waals surface area contributed by atoms with Crippen LogP contribution in [0.2, 0.25) is 0 Å². The molecule has 2 atom stereocenters. The van der Waals surface area contributed by atoms with Gasteiger partial charge in [-0.2, -0.15) is 0 Å². The first-order valence-electron chi connectivity index (χ1n) is 4.51. The van der Waals surface area contributed by atoms with Crippen molar-refractivity contribution in [2.45, 2.75) is 17.9 Å². The summed E-state index contributed by atoms with van der Waals surface area (Å²) >= 11 is 3.69. The van der Waals surface area contributed by atoms with Crippen molar-refractivity contribution in [2.75, 3.05) is 7.11 Å². The van der Waals surface area contributed by atoms with Crippen LogP contribution in [0.5, 0.6) is 0 Å². The molecule has 0 fully saturated rings. The average molecular weight is 241 g/mol. The molecule has 1 aliphatic rings. The minimum Gasteiger partial charge on any atom is -0.362 e. The second kappa shape index (κ2) is 3.10. The minimum absolute atomic E-state index is 0.260. The summed E-state index contributed by atoms with van der Waals surface area (Å²) in [5.74, 6) is 0.495. The molecule has 0 spiro atoms. The third kappa shape index (κ3) is 1.24. The van der Waals surface area contributed by atoms with Gasteiger partial charge < -0.3 is 4.74 Å². The maximum Gasteiger partial charge on any atom is 0.150 e. The van der Waals surface area contributed by atoms with Crippen LogP contribution in [0, 0.1) is 5.92 Å². The molecule has 0 aliphatic heterocycles. The molecule has 13 heavy (non-hydrogen) atoms. The van der Waals surface area contributed by atoms with E-state index in [0.717, 1.165) is 6.42 Å². The van der Waals surface area contributed by atoms with E-state index in [-0.39, 0.29) is 4.51 Å². The van der Waals surface area contributed by atoms with Crippen molar-refractivity contribution in [1.29, 1.82) is 0 Å². The minimum atomic E-state index is -0.260. The van der Waals surface area contributed by atoms with Gasteiger partial charge in [0.1, 0.15) is 0 Å². The fourth-order valence-electron chi connectivity index (χ4n) is 2.07. The summed E-state index contributed by atoms with van der Waals surface area (Å²) in [4.78, 5) is 0. The Morgan fingerprint density at radius 1 is 1.46 bits per heavy atom. The lowest BCUT2D eigenvalue weighted by Gasteiger charge is -2.26. The van der Waals surface area contributed by atoms with Gasteiger partial charge in [-0.05, 0) is 33.5 Å². The Hall–Kier alpha value is -0.340. The third-order valence-electron chi connectivity index (χ3n) is 2.84. The predicted molar refractivity (Wildman–Crippen MR) is 56.9 cm³/mol. The average Bonchev–Trinajstić information content (AvgIpc) is 2.41. The largest absolute Gasteiger partial charge is 0.362 e. The molecular formula is C11H13BrO. The fourth-order valence-corrected chi connectivity index (χ4v) is 2.62. The van der Waals surface area contributed by atoms with E-state index >= 15 is 0 Å². The zero-order chi connectivity index (χ0) is 9.47. The molecule has 0 N–H and O–H groups in total. The number of hydrogen-bond acceptors (Lipinski definition) is 1. The lowest BCUT2D eigenvalue weighted by atomic mass is 10.1. The predicted octanol–water partition coefficient (Wildman–Crippen LogP) is 3.07. The highest BCUT2D eigenvalue weighted by atomic mass is 79.9. The first-order valence-corrected chi connectivity index (χ1v) is 5.30. The Balaban J connectivity index is 2.52. The van der Waals surface area contributed by atoms with E-state index in [4.69, 9.17) is 4.74 Å². The highest BCUT2D eigenvalue weighted by Crippen LogP contribution is 2.48. The van der Waals surface area contributed by atoms with Gasteiger partial charge in [0, 0.05) is 13.0 Å². The van der Waals surface area contributed by atoms with Crippen molar-refractivity contribution in [2.24, 2.45) is 5.92 Å². The lowest BCUT2D eigenvalue weighted by molar-refractivity contribution is 0.0418. The van der Waals surface area contributed by atoms with Gasteiger partial charge >= 0.3 is 0 Å². The van der Waals surface area contributed by atoms with Gasteiger partial charge in [0.15, 0.2) is 4.51 Å². The topological polar surface area (TPSA) is 9.23 Å². The van der Waals surface area contributed by atoms with Gasteiger partial charge in [-0.1, -0.05) is 31.2 Å². The molecule has 0 aromatic heterocycles. The molecule has 0 saturated carbocycles. The molecule has 0 bridgehead atoms. The fraction of sp³-hybridized carbons (Fsp3) is 0.455. The Morgan fingerprint density at radius 3 is 2.85 bits per heavy atom. The van der Waals surface area contributed by atoms with Crippen LogP contribution in [0.4, 0.5) is 0 Å². The van der Waals surface area contributed by atoms with E-state index in [1.807, 2.05) is 0 Å². The molecule has 2 unspecified atom stereocenters. The summed E-state index contributed by atoms with van der Waals surface area (Å²) in [7, 11) is 1.76. The number of halogens is 1. The molecule has 2 rings (SSSR count). The Bertz CT molecular complexity index is 324.